The third-order valence-electron chi connectivity index (χ3n) is 5.57. The van der Waals surface area contributed by atoms with Crippen molar-refractivity contribution in [2.45, 2.75) is 26.0 Å². The molecule has 7 heteroatoms. The van der Waals surface area contributed by atoms with Gasteiger partial charge in [-0.1, -0.05) is 78.9 Å². The first-order valence-electron chi connectivity index (χ1n) is 12.0. The average Bonchev–Trinajstić information content (AvgIpc) is 2.93. The number of nitrogens with two attached hydrogens (primary N) is 1. The number of carbonyl (C=O) groups is 2. The molecule has 0 aliphatic heterocycles. The van der Waals surface area contributed by atoms with Gasteiger partial charge in [-0.05, 0) is 53.9 Å². The molecule has 0 radical (unpaired) electrons. The second kappa shape index (κ2) is 14.2. The molecule has 37 heavy (non-hydrogen) atoms. The van der Waals surface area contributed by atoms with Gasteiger partial charge in [0.25, 0.3) is 0 Å². The molecule has 7 nitrogen and oxygen atoms in total. The maximum Gasteiger partial charge on any atom is 0.408 e. The minimum Gasteiger partial charge on any atom is -0.478 e. The van der Waals surface area contributed by atoms with E-state index in [0.717, 1.165) is 28.8 Å². The van der Waals surface area contributed by atoms with Crippen LogP contribution in [0.25, 0.3) is 11.1 Å². The predicted octanol–water partition coefficient (Wildman–Crippen LogP) is 5.62. The number of benzene rings is 3. The maximum atomic E-state index is 12.2. The Kier molecular flexibility index (Phi) is 10.4. The van der Waals surface area contributed by atoms with E-state index in [9.17, 15) is 14.7 Å². The number of hydrogen-bond donors (Lipinski definition) is 3. The van der Waals surface area contributed by atoms with Crippen molar-refractivity contribution < 1.29 is 19.4 Å². The Morgan fingerprint density at radius 3 is 2.22 bits per heavy atom. The quantitative estimate of drug-likeness (QED) is 0.291. The third kappa shape index (κ3) is 8.30. The summed E-state index contributed by atoms with van der Waals surface area (Å²) in [6.07, 6.45) is 1.76. The van der Waals surface area contributed by atoms with Crippen molar-refractivity contribution in [3.63, 3.8) is 0 Å². The van der Waals surface area contributed by atoms with Crippen molar-refractivity contribution in [2.75, 3.05) is 6.54 Å². The van der Waals surface area contributed by atoms with Crippen molar-refractivity contribution in [3.05, 3.63) is 126 Å². The molecular formula is C30H31N3O4. The molecule has 0 aliphatic carbocycles. The summed E-state index contributed by atoms with van der Waals surface area (Å²) < 4.78 is 5.42. The molecule has 1 heterocycles. The Hall–Kier alpha value is -4.49. The minimum absolute atomic E-state index is 0.218. The lowest BCUT2D eigenvalue weighted by molar-refractivity contribution is 0.0697. The lowest BCUT2D eigenvalue weighted by atomic mass is 9.95. The molecule has 0 fully saturated rings. The zero-order chi connectivity index (χ0) is 26.5. The SMILES string of the molecule is C[C@@H](OC(=O)NCc1ccccc1-c1ccccc1C(=O)O)c1ccccc1.NCCc1ccccn1. The van der Waals surface area contributed by atoms with Crippen LogP contribution in [0.2, 0.25) is 0 Å². The van der Waals surface area contributed by atoms with Gasteiger partial charge < -0.3 is 20.9 Å². The number of aromatic nitrogens is 1. The van der Waals surface area contributed by atoms with Gasteiger partial charge in [-0.15, -0.1) is 0 Å². The number of carboxylic acid groups (broad SMARTS) is 1. The van der Waals surface area contributed by atoms with E-state index in [-0.39, 0.29) is 18.2 Å². The van der Waals surface area contributed by atoms with Gasteiger partial charge in [-0.2, -0.15) is 0 Å². The topological polar surface area (TPSA) is 115 Å². The van der Waals surface area contributed by atoms with Gasteiger partial charge >= 0.3 is 12.1 Å². The number of nitrogens with one attached hydrogen (secondary N) is 1. The maximum absolute atomic E-state index is 12.2. The van der Waals surface area contributed by atoms with Crippen LogP contribution >= 0.6 is 0 Å². The summed E-state index contributed by atoms with van der Waals surface area (Å²) in [6.45, 7) is 2.72. The molecule has 1 atom stereocenters. The summed E-state index contributed by atoms with van der Waals surface area (Å²) in [5.74, 6) is -0.991. The van der Waals surface area contributed by atoms with E-state index < -0.39 is 12.1 Å². The highest BCUT2D eigenvalue weighted by Crippen LogP contribution is 2.27. The van der Waals surface area contributed by atoms with Gasteiger partial charge in [-0.25, -0.2) is 9.59 Å². The number of amides is 1. The molecule has 4 aromatic rings. The number of carboxylic acids is 1. The van der Waals surface area contributed by atoms with Crippen molar-refractivity contribution in [3.8, 4) is 11.1 Å². The van der Waals surface area contributed by atoms with Crippen LogP contribution in [0.4, 0.5) is 4.79 Å². The molecule has 4 rings (SSSR count). The monoisotopic (exact) mass is 497 g/mol. The van der Waals surface area contributed by atoms with Crippen molar-refractivity contribution in [1.29, 1.82) is 0 Å². The van der Waals surface area contributed by atoms with Crippen LogP contribution in [0.1, 0.15) is 40.2 Å². The summed E-state index contributed by atoms with van der Waals surface area (Å²) in [6, 6.07) is 29.5. The van der Waals surface area contributed by atoms with Gasteiger partial charge in [0.15, 0.2) is 0 Å². The van der Waals surface area contributed by atoms with Crippen molar-refractivity contribution in [2.24, 2.45) is 5.73 Å². The molecule has 0 spiro atoms. The standard InChI is InChI=1S/C23H21NO4.C7H10N2/c1-16(17-9-3-2-4-10-17)28-23(27)24-15-18-11-5-6-12-19(18)20-13-7-8-14-21(20)22(25)26;8-5-4-7-3-1-2-6-9-7/h2-14,16H,15H2,1H3,(H,24,27)(H,25,26);1-3,6H,4-5,8H2/t16-;/m1./s1. The Morgan fingerprint density at radius 1 is 0.892 bits per heavy atom. The average molecular weight is 498 g/mol. The highest BCUT2D eigenvalue weighted by Gasteiger charge is 2.15. The number of nitrogens with zero attached hydrogens (tertiary/aromatic N) is 1. The van der Waals surface area contributed by atoms with Gasteiger partial charge in [0.05, 0.1) is 5.56 Å². The normalized spacial score (nSPS) is 11.0. The number of hydrogen-bond acceptors (Lipinski definition) is 5. The smallest absolute Gasteiger partial charge is 0.408 e. The third-order valence-corrected chi connectivity index (χ3v) is 5.57. The Bertz CT molecular complexity index is 1280. The molecule has 0 unspecified atom stereocenters. The fraction of sp³-hybridized carbons (Fsp3) is 0.167. The van der Waals surface area contributed by atoms with Crippen LogP contribution in [0.5, 0.6) is 0 Å². The lowest BCUT2D eigenvalue weighted by Crippen LogP contribution is -2.25. The van der Waals surface area contributed by atoms with E-state index in [2.05, 4.69) is 10.3 Å². The van der Waals surface area contributed by atoms with Crippen LogP contribution in [0.15, 0.2) is 103 Å². The van der Waals surface area contributed by atoms with E-state index in [1.165, 1.54) is 0 Å². The first kappa shape index (κ1) is 27.1. The molecule has 1 amide bonds. The van der Waals surface area contributed by atoms with Crippen LogP contribution < -0.4 is 11.1 Å². The number of aromatic carboxylic acids is 1. The summed E-state index contributed by atoms with van der Waals surface area (Å²) in [7, 11) is 0. The van der Waals surface area contributed by atoms with E-state index in [0.29, 0.717) is 12.1 Å². The van der Waals surface area contributed by atoms with Crippen LogP contribution in [-0.4, -0.2) is 28.7 Å². The van der Waals surface area contributed by atoms with Gasteiger partial charge in [0, 0.05) is 24.9 Å². The van der Waals surface area contributed by atoms with E-state index in [4.69, 9.17) is 10.5 Å². The molecular weight excluding hydrogens is 466 g/mol. The Balaban J connectivity index is 0.000000356. The summed E-state index contributed by atoms with van der Waals surface area (Å²) in [5.41, 5.74) is 9.70. The number of pyridine rings is 1. The van der Waals surface area contributed by atoms with Crippen LogP contribution in [0, 0.1) is 0 Å². The molecule has 3 aromatic carbocycles. The molecule has 1 aromatic heterocycles. The number of rotatable bonds is 8. The highest BCUT2D eigenvalue weighted by atomic mass is 16.6. The van der Waals surface area contributed by atoms with Crippen molar-refractivity contribution >= 4 is 12.1 Å². The second-order valence-electron chi connectivity index (χ2n) is 8.18. The summed E-state index contributed by atoms with van der Waals surface area (Å²) in [5, 5.41) is 12.2. The predicted molar refractivity (Wildman–Crippen MR) is 144 cm³/mol. The molecule has 4 N–H and O–H groups in total. The first-order valence-corrected chi connectivity index (χ1v) is 12.0. The zero-order valence-corrected chi connectivity index (χ0v) is 20.7. The summed E-state index contributed by atoms with van der Waals surface area (Å²) in [4.78, 5) is 27.8. The van der Waals surface area contributed by atoms with Crippen molar-refractivity contribution in [1.82, 2.24) is 10.3 Å². The Morgan fingerprint density at radius 2 is 1.54 bits per heavy atom. The van der Waals surface area contributed by atoms with E-state index in [1.54, 1.807) is 30.5 Å². The Labute approximate surface area is 217 Å². The minimum atomic E-state index is -0.991. The molecule has 190 valence electrons. The summed E-state index contributed by atoms with van der Waals surface area (Å²) >= 11 is 0. The second-order valence-corrected chi connectivity index (χ2v) is 8.18. The van der Waals surface area contributed by atoms with E-state index >= 15 is 0 Å². The number of alkyl carbamates (subject to hydrolysis) is 1. The zero-order valence-electron chi connectivity index (χ0n) is 20.7. The molecule has 0 saturated carbocycles. The molecule has 0 bridgehead atoms. The van der Waals surface area contributed by atoms with Gasteiger partial charge in [0.1, 0.15) is 6.10 Å². The van der Waals surface area contributed by atoms with Gasteiger partial charge in [0.2, 0.25) is 0 Å². The van der Waals surface area contributed by atoms with Crippen LogP contribution in [-0.2, 0) is 17.7 Å². The first-order chi connectivity index (χ1) is 18.0. The van der Waals surface area contributed by atoms with E-state index in [1.807, 2.05) is 79.7 Å². The molecule has 0 saturated heterocycles. The molecule has 0 aliphatic rings. The number of ether oxygens (including phenoxy) is 1. The number of carbonyl (C=O) groups excluding carboxylic acids is 1. The largest absolute Gasteiger partial charge is 0.478 e. The highest BCUT2D eigenvalue weighted by molar-refractivity contribution is 5.96. The van der Waals surface area contributed by atoms with Crippen LogP contribution in [0.3, 0.4) is 0 Å². The fourth-order valence-electron chi connectivity index (χ4n) is 3.70. The lowest BCUT2D eigenvalue weighted by Gasteiger charge is -2.16. The fourth-order valence-corrected chi connectivity index (χ4v) is 3.70. The van der Waals surface area contributed by atoms with Gasteiger partial charge in [-0.3, -0.25) is 4.98 Å².